The van der Waals surface area contributed by atoms with E-state index in [1.807, 2.05) is 13.8 Å². The number of rotatable bonds is 5. The molecular formula is C11H18ClNO. The number of allylic oxidation sites excluding steroid dienone is 5. The van der Waals surface area contributed by atoms with E-state index in [2.05, 4.69) is 18.0 Å². The maximum atomic E-state index is 5.72. The molecule has 0 rings (SSSR count). The Morgan fingerprint density at radius 1 is 1.43 bits per heavy atom. The number of hydrogen-bond acceptors (Lipinski definition) is 2. The molecule has 0 aromatic heterocycles. The third kappa shape index (κ3) is 9.26. The van der Waals surface area contributed by atoms with Gasteiger partial charge < -0.3 is 0 Å². The first kappa shape index (κ1) is 15.6. The summed E-state index contributed by atoms with van der Waals surface area (Å²) in [7, 11) is 0. The maximum absolute atomic E-state index is 5.72. The van der Waals surface area contributed by atoms with Crippen LogP contribution in [-0.2, 0) is 4.84 Å². The zero-order valence-electron chi connectivity index (χ0n) is 8.79. The van der Waals surface area contributed by atoms with Crippen LogP contribution in [0.3, 0.4) is 0 Å². The second kappa shape index (κ2) is 12.2. The Hall–Kier alpha value is -0.830. The molecule has 0 amide bonds. The number of hydrogen-bond donors (Lipinski definition) is 1. The average Bonchev–Trinajstić information content (AvgIpc) is 2.20. The van der Waals surface area contributed by atoms with Crippen molar-refractivity contribution in [3.05, 3.63) is 48.1 Å². The van der Waals surface area contributed by atoms with Gasteiger partial charge in [-0.2, -0.15) is 0 Å². The molecule has 0 aliphatic heterocycles. The molecule has 80 valence electrons. The Labute approximate surface area is 91.3 Å². The highest BCUT2D eigenvalue weighted by Crippen LogP contribution is 2.07. The van der Waals surface area contributed by atoms with Crippen LogP contribution < -0.4 is 5.90 Å². The Morgan fingerprint density at radius 2 is 2.00 bits per heavy atom. The topological polar surface area (TPSA) is 35.2 Å². The van der Waals surface area contributed by atoms with Crippen molar-refractivity contribution in [3.63, 3.8) is 0 Å². The number of nitrogens with two attached hydrogens (primary N) is 1. The van der Waals surface area contributed by atoms with Crippen molar-refractivity contribution in [1.82, 2.24) is 0 Å². The molecule has 0 bridgehead atoms. The molecule has 0 aromatic carbocycles. The van der Waals surface area contributed by atoms with Crippen molar-refractivity contribution >= 4 is 11.6 Å². The molecule has 14 heavy (non-hydrogen) atoms. The van der Waals surface area contributed by atoms with Gasteiger partial charge in [0, 0.05) is 5.03 Å². The third-order valence-electron chi connectivity index (χ3n) is 1.09. The fourth-order valence-electron chi connectivity index (χ4n) is 0.613. The van der Waals surface area contributed by atoms with Crippen LogP contribution in [0.5, 0.6) is 0 Å². The molecule has 3 heteroatoms. The summed E-state index contributed by atoms with van der Waals surface area (Å²) in [5, 5.41) is 0.519. The molecule has 2 N–H and O–H groups in total. The zero-order chi connectivity index (χ0) is 11.4. The summed E-state index contributed by atoms with van der Waals surface area (Å²) in [4.78, 5) is 4.34. The van der Waals surface area contributed by atoms with Crippen LogP contribution in [0.2, 0.25) is 0 Å². The van der Waals surface area contributed by atoms with Crippen LogP contribution in [0.15, 0.2) is 48.1 Å². The molecule has 0 saturated carbocycles. The minimum Gasteiger partial charge on any atom is -0.299 e. The van der Waals surface area contributed by atoms with Crippen molar-refractivity contribution in [2.45, 2.75) is 13.8 Å². The van der Waals surface area contributed by atoms with E-state index in [0.717, 1.165) is 5.57 Å². The highest BCUT2D eigenvalue weighted by atomic mass is 35.5. The van der Waals surface area contributed by atoms with Gasteiger partial charge >= 0.3 is 0 Å². The van der Waals surface area contributed by atoms with Gasteiger partial charge in [0.05, 0.1) is 0 Å². The first-order valence-corrected chi connectivity index (χ1v) is 4.75. The van der Waals surface area contributed by atoms with Gasteiger partial charge in [-0.25, -0.2) is 5.90 Å². The van der Waals surface area contributed by atoms with E-state index in [0.29, 0.717) is 5.03 Å². The van der Waals surface area contributed by atoms with E-state index >= 15 is 0 Å². The lowest BCUT2D eigenvalue weighted by atomic mass is 10.2. The van der Waals surface area contributed by atoms with Gasteiger partial charge in [0.2, 0.25) is 0 Å². The molecule has 0 aromatic rings. The van der Waals surface area contributed by atoms with Crippen molar-refractivity contribution < 1.29 is 4.84 Å². The second-order valence-corrected chi connectivity index (χ2v) is 2.49. The first-order valence-electron chi connectivity index (χ1n) is 4.37. The lowest BCUT2D eigenvalue weighted by molar-refractivity contribution is 0.165. The molecule has 0 fully saturated rings. The highest BCUT2D eigenvalue weighted by Gasteiger charge is 1.91. The van der Waals surface area contributed by atoms with E-state index in [1.165, 1.54) is 0 Å². The van der Waals surface area contributed by atoms with Crippen molar-refractivity contribution in [3.8, 4) is 0 Å². The van der Waals surface area contributed by atoms with Crippen LogP contribution in [0.25, 0.3) is 0 Å². The number of halogens is 1. The molecule has 0 unspecified atom stereocenters. The third-order valence-corrected chi connectivity index (χ3v) is 1.31. The Kier molecular flexibility index (Phi) is 13.6. The van der Waals surface area contributed by atoms with Gasteiger partial charge in [-0.3, -0.25) is 4.84 Å². The van der Waals surface area contributed by atoms with Crippen LogP contribution in [-0.4, -0.2) is 6.61 Å². The van der Waals surface area contributed by atoms with E-state index in [9.17, 15) is 0 Å². The van der Waals surface area contributed by atoms with E-state index in [4.69, 9.17) is 17.5 Å². The van der Waals surface area contributed by atoms with Crippen molar-refractivity contribution in [1.29, 1.82) is 0 Å². The normalized spacial score (nSPS) is 11.4. The smallest absolute Gasteiger partial charge is 0.104 e. The van der Waals surface area contributed by atoms with Gasteiger partial charge in [0.1, 0.15) is 6.61 Å². The van der Waals surface area contributed by atoms with Gasteiger partial charge in [0.25, 0.3) is 0 Å². The maximum Gasteiger partial charge on any atom is 0.104 e. The molecule has 0 spiro atoms. The summed E-state index contributed by atoms with van der Waals surface area (Å²) in [6.07, 6.45) is 6.82. The molecule has 0 aliphatic carbocycles. The molecule has 0 saturated heterocycles. The lowest BCUT2D eigenvalue weighted by Gasteiger charge is -1.96. The van der Waals surface area contributed by atoms with Crippen molar-refractivity contribution in [2.24, 2.45) is 5.90 Å². The SMILES string of the molecule is C=C/C=C(C=C)/C=C(\Cl)CON.CC. The standard InChI is InChI=1S/C9H12ClNO.C2H6/c1-3-5-8(4-2)6-9(10)7-12-11;1-2/h3-6H,1-2,7,11H2;1-2H3/b8-5+,9-6-;. The summed E-state index contributed by atoms with van der Waals surface area (Å²) in [6, 6.07) is 0. The van der Waals surface area contributed by atoms with E-state index < -0.39 is 0 Å². The van der Waals surface area contributed by atoms with Gasteiger partial charge in [-0.05, 0) is 11.6 Å². The molecule has 2 nitrogen and oxygen atoms in total. The first-order chi connectivity index (χ1) is 6.74. The van der Waals surface area contributed by atoms with Gasteiger partial charge in [-0.1, -0.05) is 56.8 Å². The van der Waals surface area contributed by atoms with Gasteiger partial charge in [-0.15, -0.1) is 0 Å². The largest absolute Gasteiger partial charge is 0.299 e. The highest BCUT2D eigenvalue weighted by molar-refractivity contribution is 6.30. The van der Waals surface area contributed by atoms with Crippen LogP contribution in [0, 0.1) is 0 Å². The summed E-state index contributed by atoms with van der Waals surface area (Å²) >= 11 is 5.72. The minimum absolute atomic E-state index is 0.198. The van der Waals surface area contributed by atoms with Gasteiger partial charge in [0.15, 0.2) is 0 Å². The van der Waals surface area contributed by atoms with E-state index in [1.54, 1.807) is 24.3 Å². The van der Waals surface area contributed by atoms with Crippen LogP contribution in [0.4, 0.5) is 0 Å². The van der Waals surface area contributed by atoms with E-state index in [-0.39, 0.29) is 6.61 Å². The minimum atomic E-state index is 0.198. The average molecular weight is 216 g/mol. The molecular weight excluding hydrogens is 198 g/mol. The Balaban J connectivity index is 0. The molecule has 0 aliphatic rings. The van der Waals surface area contributed by atoms with Crippen molar-refractivity contribution in [2.75, 3.05) is 6.61 Å². The summed E-state index contributed by atoms with van der Waals surface area (Å²) in [6.45, 7) is 11.3. The predicted molar refractivity (Wildman–Crippen MR) is 63.9 cm³/mol. The monoisotopic (exact) mass is 215 g/mol. The second-order valence-electron chi connectivity index (χ2n) is 2.01. The molecule has 0 atom stereocenters. The lowest BCUT2D eigenvalue weighted by Crippen LogP contribution is -2.00. The predicted octanol–water partition coefficient (Wildman–Crippen LogP) is 3.32. The van der Waals surface area contributed by atoms with Crippen LogP contribution >= 0.6 is 11.6 Å². The molecule has 0 heterocycles. The fraction of sp³-hybridized carbons (Fsp3) is 0.273. The fourth-order valence-corrected chi connectivity index (χ4v) is 0.802. The summed E-state index contributed by atoms with van der Waals surface area (Å²) in [5.74, 6) is 4.83. The summed E-state index contributed by atoms with van der Waals surface area (Å²) < 4.78 is 0. The molecule has 0 radical (unpaired) electrons. The summed E-state index contributed by atoms with van der Waals surface area (Å²) in [5.41, 5.74) is 0.868. The Bertz CT molecular complexity index is 219. The van der Waals surface area contributed by atoms with Crippen LogP contribution in [0.1, 0.15) is 13.8 Å². The zero-order valence-corrected chi connectivity index (χ0v) is 9.55. The Morgan fingerprint density at radius 3 is 2.36 bits per heavy atom. The quantitative estimate of drug-likeness (QED) is 0.564.